The van der Waals surface area contributed by atoms with Gasteiger partial charge in [0.15, 0.2) is 0 Å². The fourth-order valence-electron chi connectivity index (χ4n) is 1.11. The van der Waals surface area contributed by atoms with Gasteiger partial charge in [0.05, 0.1) is 0 Å². The van der Waals surface area contributed by atoms with E-state index in [0.717, 1.165) is 5.12 Å². The van der Waals surface area contributed by atoms with E-state index in [2.05, 4.69) is 0 Å². The third-order valence-electron chi connectivity index (χ3n) is 1.84. The third kappa shape index (κ3) is 2.95. The van der Waals surface area contributed by atoms with Crippen molar-refractivity contribution in [1.29, 1.82) is 0 Å². The molecule has 0 unspecified atom stereocenters. The molecule has 0 saturated carbocycles. The van der Waals surface area contributed by atoms with Crippen molar-refractivity contribution in [2.45, 2.75) is 18.9 Å². The highest BCUT2D eigenvalue weighted by Crippen LogP contribution is 2.06. The molecule has 0 aromatic rings. The van der Waals surface area contributed by atoms with Gasteiger partial charge in [-0.05, 0) is 6.42 Å². The van der Waals surface area contributed by atoms with Crippen molar-refractivity contribution in [3.63, 3.8) is 0 Å². The maximum Gasteiger partial charge on any atom is 0.326 e. The molecule has 1 saturated heterocycles. The van der Waals surface area contributed by atoms with E-state index < -0.39 is 12.0 Å². The van der Waals surface area contributed by atoms with E-state index in [4.69, 9.17) is 21.2 Å². The van der Waals surface area contributed by atoms with Crippen LogP contribution < -0.4 is 11.7 Å². The molecule has 1 rings (SSSR count). The molecule has 1 fully saturated rings. The van der Waals surface area contributed by atoms with Crippen LogP contribution in [0.2, 0.25) is 0 Å². The Morgan fingerprint density at radius 2 is 1.86 bits per heavy atom. The summed E-state index contributed by atoms with van der Waals surface area (Å²) in [6.07, 6.45) is 0.301. The van der Waals surface area contributed by atoms with Crippen molar-refractivity contribution in [1.82, 2.24) is 5.12 Å². The Kier molecular flexibility index (Phi) is 3.81. The van der Waals surface area contributed by atoms with Crippen LogP contribution in [0.3, 0.4) is 0 Å². The molecule has 0 aliphatic carbocycles. The van der Waals surface area contributed by atoms with Gasteiger partial charge in [0.2, 0.25) is 0 Å². The van der Waals surface area contributed by atoms with Crippen molar-refractivity contribution < 1.29 is 19.1 Å². The summed E-state index contributed by atoms with van der Waals surface area (Å²) in [4.78, 5) is 22.3. The zero-order valence-corrected chi connectivity index (χ0v) is 7.64. The largest absolute Gasteiger partial charge is 0.462 e. The number of nitrogens with zero attached hydrogens (tertiary/aromatic N) is 1. The molecule has 1 aliphatic rings. The maximum absolute atomic E-state index is 11.3. The second kappa shape index (κ2) is 4.89. The number of esters is 2. The fourth-order valence-corrected chi connectivity index (χ4v) is 1.11. The van der Waals surface area contributed by atoms with Crippen LogP contribution >= 0.6 is 0 Å². The molecule has 0 spiro atoms. The van der Waals surface area contributed by atoms with Gasteiger partial charge in [0.25, 0.3) is 0 Å². The normalized spacial score (nSPS) is 24.6. The summed E-state index contributed by atoms with van der Waals surface area (Å²) in [6.45, 7) is 0.112. The number of hydrogen-bond donors (Lipinski definition) is 2. The summed E-state index contributed by atoms with van der Waals surface area (Å²) >= 11 is 0. The van der Waals surface area contributed by atoms with Crippen LogP contribution in [0.15, 0.2) is 0 Å². The predicted octanol–water partition coefficient (Wildman–Crippen LogP) is -1.72. The summed E-state index contributed by atoms with van der Waals surface area (Å²) in [5, 5.41) is 0.751. The first-order valence-electron chi connectivity index (χ1n) is 4.22. The number of cyclic esters (lactones) is 2. The van der Waals surface area contributed by atoms with Crippen LogP contribution in [-0.2, 0) is 19.1 Å². The van der Waals surface area contributed by atoms with Gasteiger partial charge in [-0.25, -0.2) is 0 Å². The molecule has 80 valence electrons. The molecule has 1 atom stereocenters. The van der Waals surface area contributed by atoms with Gasteiger partial charge in [0, 0.05) is 6.42 Å². The van der Waals surface area contributed by atoms with Crippen molar-refractivity contribution in [3.05, 3.63) is 0 Å². The highest BCUT2D eigenvalue weighted by atomic mass is 16.6. The quantitative estimate of drug-likeness (QED) is 0.296. The molecule has 0 amide bonds. The van der Waals surface area contributed by atoms with Gasteiger partial charge < -0.3 is 9.47 Å². The summed E-state index contributed by atoms with van der Waals surface area (Å²) in [5.74, 6) is 9.55. The number of rotatable bonds is 1. The van der Waals surface area contributed by atoms with Gasteiger partial charge >= 0.3 is 11.9 Å². The Morgan fingerprint density at radius 3 is 2.50 bits per heavy atom. The molecule has 14 heavy (non-hydrogen) atoms. The smallest absolute Gasteiger partial charge is 0.326 e. The summed E-state index contributed by atoms with van der Waals surface area (Å²) < 4.78 is 9.49. The van der Waals surface area contributed by atoms with Gasteiger partial charge in [-0.2, -0.15) is 5.12 Å². The van der Waals surface area contributed by atoms with E-state index in [1.807, 2.05) is 0 Å². The van der Waals surface area contributed by atoms with Crippen molar-refractivity contribution in [2.24, 2.45) is 11.7 Å². The fraction of sp³-hybridized carbons (Fsp3) is 0.714. The molecule has 0 radical (unpaired) electrons. The van der Waals surface area contributed by atoms with E-state index in [9.17, 15) is 9.59 Å². The lowest BCUT2D eigenvalue weighted by molar-refractivity contribution is -0.153. The average molecular weight is 203 g/mol. The minimum atomic E-state index is -0.791. The Bertz CT molecular complexity index is 231. The molecule has 4 N–H and O–H groups in total. The summed E-state index contributed by atoms with van der Waals surface area (Å²) in [6, 6.07) is -0.791. The van der Waals surface area contributed by atoms with Crippen LogP contribution in [-0.4, -0.2) is 36.3 Å². The first-order chi connectivity index (χ1) is 6.61. The zero-order chi connectivity index (χ0) is 10.6. The van der Waals surface area contributed by atoms with Crippen LogP contribution in [0.25, 0.3) is 0 Å². The number of nitrogens with two attached hydrogens (primary N) is 2. The second-order valence-corrected chi connectivity index (χ2v) is 2.89. The number of ether oxygens (including phenoxy) is 2. The molecule has 7 heteroatoms. The van der Waals surface area contributed by atoms with Crippen LogP contribution in [0.1, 0.15) is 12.8 Å². The lowest BCUT2D eigenvalue weighted by atomic mass is 10.1. The third-order valence-corrected chi connectivity index (χ3v) is 1.84. The minimum absolute atomic E-state index is 0.0366. The molecule has 0 bridgehead atoms. The van der Waals surface area contributed by atoms with E-state index in [1.165, 1.54) is 0 Å². The van der Waals surface area contributed by atoms with Gasteiger partial charge in [0.1, 0.15) is 19.3 Å². The van der Waals surface area contributed by atoms with Crippen molar-refractivity contribution >= 4 is 11.9 Å². The van der Waals surface area contributed by atoms with Gasteiger partial charge in [-0.3, -0.25) is 21.3 Å². The summed E-state index contributed by atoms with van der Waals surface area (Å²) in [7, 11) is 0. The monoisotopic (exact) mass is 203 g/mol. The Hall–Kier alpha value is -1.18. The number of hydrazine groups is 2. The lowest BCUT2D eigenvalue weighted by Gasteiger charge is -2.19. The van der Waals surface area contributed by atoms with E-state index in [1.54, 1.807) is 0 Å². The highest BCUT2D eigenvalue weighted by molar-refractivity contribution is 5.77. The average Bonchev–Trinajstić information content (AvgIpc) is 2.18. The summed E-state index contributed by atoms with van der Waals surface area (Å²) in [5.41, 5.74) is 0. The first kappa shape index (κ1) is 10.9. The zero-order valence-electron chi connectivity index (χ0n) is 7.64. The van der Waals surface area contributed by atoms with Crippen LogP contribution in [0, 0.1) is 0 Å². The van der Waals surface area contributed by atoms with E-state index in [-0.39, 0.29) is 32.0 Å². The molecule has 0 aromatic carbocycles. The molecular weight excluding hydrogens is 190 g/mol. The second-order valence-electron chi connectivity index (χ2n) is 2.89. The van der Waals surface area contributed by atoms with Crippen LogP contribution in [0.5, 0.6) is 0 Å². The number of carbonyl (C=O) groups is 2. The highest BCUT2D eigenvalue weighted by Gasteiger charge is 2.26. The van der Waals surface area contributed by atoms with E-state index >= 15 is 0 Å². The van der Waals surface area contributed by atoms with Gasteiger partial charge in [-0.1, -0.05) is 0 Å². The predicted molar refractivity (Wildman–Crippen MR) is 45.2 cm³/mol. The van der Waals surface area contributed by atoms with Crippen LogP contribution in [0.4, 0.5) is 0 Å². The number of carbonyl (C=O) groups excluding carboxylic acids is 2. The maximum atomic E-state index is 11.3. The lowest BCUT2D eigenvalue weighted by Crippen LogP contribution is -2.51. The first-order valence-corrected chi connectivity index (χ1v) is 4.22. The molecule has 7 nitrogen and oxygen atoms in total. The standard InChI is InChI=1S/C7H13N3O4/c8-10(9)5-1-2-6(11)13-3-4-14-7(5)12/h5H,1-4,8-9H2/t5-/m0/s1. The molecular formula is C7H13N3O4. The Morgan fingerprint density at radius 1 is 1.21 bits per heavy atom. The van der Waals surface area contributed by atoms with Crippen molar-refractivity contribution in [3.8, 4) is 0 Å². The van der Waals surface area contributed by atoms with Gasteiger partial charge in [-0.15, -0.1) is 0 Å². The SMILES string of the molecule is NN(N)[C@H]1CCC(=O)OCCOC1=O. The minimum Gasteiger partial charge on any atom is -0.462 e. The van der Waals surface area contributed by atoms with Crippen molar-refractivity contribution in [2.75, 3.05) is 13.2 Å². The molecule has 1 aliphatic heterocycles. The Labute approximate surface area is 80.9 Å². The molecule has 0 aromatic heterocycles. The molecule has 1 heterocycles. The number of hydrogen-bond acceptors (Lipinski definition) is 7. The topological polar surface area (TPSA) is 108 Å². The van der Waals surface area contributed by atoms with E-state index in [0.29, 0.717) is 0 Å². The Balaban J connectivity index is 2.61.